The minimum absolute atomic E-state index is 0.194. The zero-order chi connectivity index (χ0) is 10.2. The lowest BCUT2D eigenvalue weighted by Gasteiger charge is -2.14. The number of halogens is 1. The molecular weight excluding hydrogens is 196 g/mol. The third-order valence-electron chi connectivity index (χ3n) is 2.54. The molecule has 0 spiro atoms. The summed E-state index contributed by atoms with van der Waals surface area (Å²) in [4.78, 5) is 0. The molecule has 72 valence electrons. The highest BCUT2D eigenvalue weighted by atomic mass is 35.5. The van der Waals surface area contributed by atoms with Gasteiger partial charge in [-0.1, -0.05) is 11.6 Å². The van der Waals surface area contributed by atoms with Gasteiger partial charge in [0, 0.05) is 10.6 Å². The molecule has 0 unspecified atom stereocenters. The quantitative estimate of drug-likeness (QED) is 0.807. The van der Waals surface area contributed by atoms with Crippen LogP contribution in [0.4, 0.5) is 5.69 Å². The van der Waals surface area contributed by atoms with Crippen LogP contribution >= 0.6 is 11.6 Å². The fourth-order valence-corrected chi connectivity index (χ4v) is 1.53. The number of nitriles is 1. The lowest BCUT2D eigenvalue weighted by Crippen LogP contribution is -2.16. The lowest BCUT2D eigenvalue weighted by atomic mass is 10.1. The Labute approximate surface area is 88.5 Å². The fourth-order valence-electron chi connectivity index (χ4n) is 1.36. The van der Waals surface area contributed by atoms with Crippen molar-refractivity contribution < 1.29 is 0 Å². The number of anilines is 1. The smallest absolute Gasteiger partial charge is 0.101 e. The molecule has 0 radical (unpaired) electrons. The predicted octanol–water partition coefficient (Wildman–Crippen LogP) is 3.18. The second-order valence-electron chi connectivity index (χ2n) is 3.99. The van der Waals surface area contributed by atoms with Crippen molar-refractivity contribution in [2.45, 2.75) is 25.3 Å². The number of benzene rings is 1. The molecule has 1 aromatic carbocycles. The Kier molecular flexibility index (Phi) is 2.13. The Balaban J connectivity index is 2.29. The molecule has 2 rings (SSSR count). The van der Waals surface area contributed by atoms with Gasteiger partial charge in [0.25, 0.3) is 0 Å². The maximum absolute atomic E-state index is 8.91. The van der Waals surface area contributed by atoms with Gasteiger partial charge in [0.05, 0.1) is 11.3 Å². The number of hydrogen-bond acceptors (Lipinski definition) is 2. The Morgan fingerprint density at radius 3 is 2.79 bits per heavy atom. The van der Waals surface area contributed by atoms with Crippen LogP contribution in [0.3, 0.4) is 0 Å². The van der Waals surface area contributed by atoms with Gasteiger partial charge in [-0.15, -0.1) is 0 Å². The maximum atomic E-state index is 8.91. The monoisotopic (exact) mass is 206 g/mol. The summed E-state index contributed by atoms with van der Waals surface area (Å²) in [6, 6.07) is 7.50. The Hall–Kier alpha value is -1.20. The average molecular weight is 207 g/mol. The van der Waals surface area contributed by atoms with Gasteiger partial charge in [0.1, 0.15) is 6.07 Å². The third-order valence-corrected chi connectivity index (χ3v) is 2.77. The van der Waals surface area contributed by atoms with Crippen molar-refractivity contribution >= 4 is 17.3 Å². The summed E-state index contributed by atoms with van der Waals surface area (Å²) in [5, 5.41) is 12.9. The van der Waals surface area contributed by atoms with Gasteiger partial charge in [-0.3, -0.25) is 0 Å². The standard InChI is InChI=1S/C11H11ClN2/c1-11(4-5-11)14-10-3-2-9(12)6-8(10)7-13/h2-3,6,14H,4-5H2,1H3. The van der Waals surface area contributed by atoms with E-state index in [2.05, 4.69) is 18.3 Å². The maximum Gasteiger partial charge on any atom is 0.101 e. The molecule has 1 aliphatic carbocycles. The van der Waals surface area contributed by atoms with Crippen LogP contribution in [0.1, 0.15) is 25.3 Å². The fraction of sp³-hybridized carbons (Fsp3) is 0.364. The highest BCUT2D eigenvalue weighted by molar-refractivity contribution is 6.30. The molecule has 1 fully saturated rings. The van der Waals surface area contributed by atoms with Crippen molar-refractivity contribution in [3.05, 3.63) is 28.8 Å². The minimum Gasteiger partial charge on any atom is -0.379 e. The van der Waals surface area contributed by atoms with E-state index >= 15 is 0 Å². The van der Waals surface area contributed by atoms with Crippen LogP contribution in [-0.4, -0.2) is 5.54 Å². The molecule has 0 aromatic heterocycles. The largest absolute Gasteiger partial charge is 0.379 e. The van der Waals surface area contributed by atoms with Gasteiger partial charge in [-0.2, -0.15) is 5.26 Å². The molecule has 14 heavy (non-hydrogen) atoms. The third kappa shape index (κ3) is 1.83. The van der Waals surface area contributed by atoms with Gasteiger partial charge in [0.2, 0.25) is 0 Å². The molecule has 0 saturated heterocycles. The average Bonchev–Trinajstić information content (AvgIpc) is 2.87. The first-order valence-corrected chi connectivity index (χ1v) is 4.99. The molecular formula is C11H11ClN2. The number of hydrogen-bond donors (Lipinski definition) is 1. The predicted molar refractivity (Wildman–Crippen MR) is 57.4 cm³/mol. The van der Waals surface area contributed by atoms with Crippen molar-refractivity contribution in [3.8, 4) is 6.07 Å². The highest BCUT2D eigenvalue weighted by Crippen LogP contribution is 2.39. The second-order valence-corrected chi connectivity index (χ2v) is 4.42. The van der Waals surface area contributed by atoms with Crippen molar-refractivity contribution in [1.82, 2.24) is 0 Å². The second kappa shape index (κ2) is 3.18. The summed E-state index contributed by atoms with van der Waals surface area (Å²) < 4.78 is 0. The van der Waals surface area contributed by atoms with Gasteiger partial charge in [0.15, 0.2) is 0 Å². The van der Waals surface area contributed by atoms with Crippen molar-refractivity contribution in [3.63, 3.8) is 0 Å². The van der Waals surface area contributed by atoms with E-state index in [0.29, 0.717) is 10.6 Å². The molecule has 0 heterocycles. The van der Waals surface area contributed by atoms with E-state index in [0.717, 1.165) is 5.69 Å². The van der Waals surface area contributed by atoms with Crippen LogP contribution < -0.4 is 5.32 Å². The molecule has 3 heteroatoms. The van der Waals surface area contributed by atoms with E-state index in [4.69, 9.17) is 16.9 Å². The van der Waals surface area contributed by atoms with Gasteiger partial charge in [-0.25, -0.2) is 0 Å². The summed E-state index contributed by atoms with van der Waals surface area (Å²) in [5.74, 6) is 0. The molecule has 0 bridgehead atoms. The molecule has 0 atom stereocenters. The minimum atomic E-state index is 0.194. The van der Waals surface area contributed by atoms with Crippen molar-refractivity contribution in [2.24, 2.45) is 0 Å². The molecule has 2 nitrogen and oxygen atoms in total. The first kappa shape index (κ1) is 9.36. The van der Waals surface area contributed by atoms with Crippen LogP contribution in [0.15, 0.2) is 18.2 Å². The molecule has 1 aliphatic rings. The molecule has 0 amide bonds. The van der Waals surface area contributed by atoms with Crippen LogP contribution in [0.25, 0.3) is 0 Å². The van der Waals surface area contributed by atoms with Crippen LogP contribution in [0, 0.1) is 11.3 Å². The summed E-state index contributed by atoms with van der Waals surface area (Å²) in [7, 11) is 0. The van der Waals surface area contributed by atoms with E-state index in [9.17, 15) is 0 Å². The molecule has 1 aromatic rings. The van der Waals surface area contributed by atoms with Crippen molar-refractivity contribution in [2.75, 3.05) is 5.32 Å². The molecule has 0 aliphatic heterocycles. The molecule has 1 N–H and O–H groups in total. The van der Waals surface area contributed by atoms with E-state index in [1.54, 1.807) is 12.1 Å². The first-order chi connectivity index (χ1) is 6.63. The number of nitrogens with one attached hydrogen (secondary N) is 1. The van der Waals surface area contributed by atoms with Gasteiger partial charge in [-0.05, 0) is 38.0 Å². The number of nitrogens with zero attached hydrogens (tertiary/aromatic N) is 1. The van der Waals surface area contributed by atoms with Gasteiger partial charge >= 0.3 is 0 Å². The zero-order valence-electron chi connectivity index (χ0n) is 7.97. The van der Waals surface area contributed by atoms with Crippen LogP contribution in [-0.2, 0) is 0 Å². The van der Waals surface area contributed by atoms with E-state index in [1.807, 2.05) is 6.07 Å². The lowest BCUT2D eigenvalue weighted by molar-refractivity contribution is 0.829. The SMILES string of the molecule is CC1(Nc2ccc(Cl)cc2C#N)CC1. The topological polar surface area (TPSA) is 35.8 Å². The van der Waals surface area contributed by atoms with E-state index in [-0.39, 0.29) is 5.54 Å². The van der Waals surface area contributed by atoms with E-state index < -0.39 is 0 Å². The Morgan fingerprint density at radius 2 is 2.21 bits per heavy atom. The van der Waals surface area contributed by atoms with E-state index in [1.165, 1.54) is 12.8 Å². The summed E-state index contributed by atoms with van der Waals surface area (Å²) in [6.45, 7) is 2.16. The Morgan fingerprint density at radius 1 is 1.50 bits per heavy atom. The molecule has 1 saturated carbocycles. The zero-order valence-corrected chi connectivity index (χ0v) is 8.73. The van der Waals surface area contributed by atoms with Gasteiger partial charge < -0.3 is 5.32 Å². The normalized spacial score (nSPS) is 17.2. The Bertz CT molecular complexity index is 402. The van der Waals surface area contributed by atoms with Crippen LogP contribution in [0.5, 0.6) is 0 Å². The summed E-state index contributed by atoms with van der Waals surface area (Å²) in [6.07, 6.45) is 2.33. The first-order valence-electron chi connectivity index (χ1n) is 4.61. The van der Waals surface area contributed by atoms with Crippen molar-refractivity contribution in [1.29, 1.82) is 5.26 Å². The summed E-state index contributed by atoms with van der Waals surface area (Å²) >= 11 is 5.80. The number of rotatable bonds is 2. The van der Waals surface area contributed by atoms with Crippen LogP contribution in [0.2, 0.25) is 5.02 Å². The highest BCUT2D eigenvalue weighted by Gasteiger charge is 2.37. The summed E-state index contributed by atoms with van der Waals surface area (Å²) in [5.41, 5.74) is 1.70.